The number of aryl methyl sites for hydroxylation is 2. The van der Waals surface area contributed by atoms with Crippen molar-refractivity contribution in [1.29, 1.82) is 0 Å². The second kappa shape index (κ2) is 4.64. The van der Waals surface area contributed by atoms with Crippen LogP contribution in [0, 0.1) is 20.8 Å². The first-order valence-corrected chi connectivity index (χ1v) is 5.66. The van der Waals surface area contributed by atoms with Crippen LogP contribution in [-0.2, 0) is 0 Å². The van der Waals surface area contributed by atoms with Crippen LogP contribution >= 0.6 is 0 Å². The second-order valence-corrected chi connectivity index (χ2v) is 4.10. The van der Waals surface area contributed by atoms with Crippen LogP contribution in [-0.4, -0.2) is 17.9 Å². The van der Waals surface area contributed by atoms with E-state index in [9.17, 15) is 4.79 Å². The van der Waals surface area contributed by atoms with Gasteiger partial charge >= 0.3 is 0 Å². The van der Waals surface area contributed by atoms with Gasteiger partial charge in [0.1, 0.15) is 17.3 Å². The van der Waals surface area contributed by atoms with Gasteiger partial charge in [0.05, 0.1) is 12.7 Å². The zero-order chi connectivity index (χ0) is 13.3. The lowest BCUT2D eigenvalue weighted by Gasteiger charge is -2.06. The van der Waals surface area contributed by atoms with Crippen LogP contribution in [0.25, 0.3) is 0 Å². The van der Waals surface area contributed by atoms with E-state index < -0.39 is 0 Å². The molecule has 0 aliphatic carbocycles. The summed E-state index contributed by atoms with van der Waals surface area (Å²) < 4.78 is 10.6. The maximum absolute atomic E-state index is 12.5. The van der Waals surface area contributed by atoms with Crippen LogP contribution in [0.2, 0.25) is 0 Å². The minimum atomic E-state index is -0.167. The second-order valence-electron chi connectivity index (χ2n) is 4.10. The van der Waals surface area contributed by atoms with Gasteiger partial charge < -0.3 is 9.15 Å². The first kappa shape index (κ1) is 12.4. The Morgan fingerprint density at radius 1 is 1.28 bits per heavy atom. The molecule has 0 unspecified atom stereocenters. The van der Waals surface area contributed by atoms with Crippen molar-refractivity contribution in [3.63, 3.8) is 0 Å². The quantitative estimate of drug-likeness (QED) is 0.780. The van der Waals surface area contributed by atoms with Crippen LogP contribution in [0.5, 0.6) is 5.75 Å². The molecule has 0 N–H and O–H groups in total. The molecule has 2 aromatic rings. The minimum Gasteiger partial charge on any atom is -0.494 e. The highest BCUT2D eigenvalue weighted by Crippen LogP contribution is 2.26. The molecule has 0 bridgehead atoms. The first-order valence-electron chi connectivity index (χ1n) is 5.66. The van der Waals surface area contributed by atoms with Gasteiger partial charge in [-0.2, -0.15) is 0 Å². The molecule has 0 saturated carbocycles. The Morgan fingerprint density at radius 2 is 2.00 bits per heavy atom. The summed E-state index contributed by atoms with van der Waals surface area (Å²) >= 11 is 0. The van der Waals surface area contributed by atoms with Crippen LogP contribution in [0.4, 0.5) is 0 Å². The third kappa shape index (κ3) is 1.90. The van der Waals surface area contributed by atoms with Gasteiger partial charge in [-0.15, -0.1) is 0 Å². The summed E-state index contributed by atoms with van der Waals surface area (Å²) in [5.41, 5.74) is 1.74. The SMILES string of the molecule is COc1cccnc1C(=O)c1c(C)oc(C)c1C. The van der Waals surface area contributed by atoms with Crippen molar-refractivity contribution in [2.45, 2.75) is 20.8 Å². The number of ketones is 1. The van der Waals surface area contributed by atoms with Gasteiger partial charge in [0.2, 0.25) is 5.78 Å². The highest BCUT2D eigenvalue weighted by atomic mass is 16.5. The van der Waals surface area contributed by atoms with Crippen molar-refractivity contribution in [3.05, 3.63) is 46.7 Å². The average molecular weight is 245 g/mol. The van der Waals surface area contributed by atoms with Crippen molar-refractivity contribution >= 4 is 5.78 Å². The fourth-order valence-electron chi connectivity index (χ4n) is 1.97. The van der Waals surface area contributed by atoms with Crippen LogP contribution in [0.1, 0.15) is 33.1 Å². The third-order valence-electron chi connectivity index (χ3n) is 2.99. The predicted molar refractivity (Wildman–Crippen MR) is 67.1 cm³/mol. The van der Waals surface area contributed by atoms with Crippen molar-refractivity contribution in [2.75, 3.05) is 7.11 Å². The Hall–Kier alpha value is -2.10. The Bertz CT molecular complexity index is 599. The molecule has 94 valence electrons. The lowest BCUT2D eigenvalue weighted by atomic mass is 10.0. The lowest BCUT2D eigenvalue weighted by Crippen LogP contribution is -2.08. The van der Waals surface area contributed by atoms with Gasteiger partial charge in [0, 0.05) is 11.8 Å². The smallest absolute Gasteiger partial charge is 0.218 e. The Labute approximate surface area is 106 Å². The number of furan rings is 1. The molecule has 0 aliphatic rings. The number of nitrogens with zero attached hydrogens (tertiary/aromatic N) is 1. The van der Waals surface area contributed by atoms with Gasteiger partial charge in [-0.05, 0) is 32.9 Å². The Morgan fingerprint density at radius 3 is 2.56 bits per heavy atom. The molecule has 0 spiro atoms. The highest BCUT2D eigenvalue weighted by molar-refractivity contribution is 6.11. The molecule has 0 amide bonds. The lowest BCUT2D eigenvalue weighted by molar-refractivity contribution is 0.102. The zero-order valence-electron chi connectivity index (χ0n) is 10.9. The van der Waals surface area contributed by atoms with Crippen LogP contribution in [0.15, 0.2) is 22.7 Å². The number of aromatic nitrogens is 1. The molecule has 2 heterocycles. The molecular formula is C14H15NO3. The summed E-state index contributed by atoms with van der Waals surface area (Å²) in [5.74, 6) is 1.67. The number of ether oxygens (including phenoxy) is 1. The van der Waals surface area contributed by atoms with Gasteiger partial charge in [-0.25, -0.2) is 4.98 Å². The molecule has 0 fully saturated rings. The van der Waals surface area contributed by atoms with E-state index in [-0.39, 0.29) is 5.78 Å². The molecule has 0 saturated heterocycles. The fourth-order valence-corrected chi connectivity index (χ4v) is 1.97. The number of hydrogen-bond acceptors (Lipinski definition) is 4. The van der Waals surface area contributed by atoms with Crippen LogP contribution < -0.4 is 4.74 Å². The molecule has 2 rings (SSSR count). The summed E-state index contributed by atoms with van der Waals surface area (Å²) in [6.45, 7) is 5.49. The molecule has 0 radical (unpaired) electrons. The number of carbonyl (C=O) groups excluding carboxylic acids is 1. The van der Waals surface area contributed by atoms with Gasteiger partial charge in [0.25, 0.3) is 0 Å². The third-order valence-corrected chi connectivity index (χ3v) is 2.99. The topological polar surface area (TPSA) is 52.3 Å². The predicted octanol–water partition coefficient (Wildman–Crippen LogP) is 2.84. The normalized spacial score (nSPS) is 10.4. The summed E-state index contributed by atoms with van der Waals surface area (Å²) in [6, 6.07) is 3.45. The molecule has 0 aliphatic heterocycles. The van der Waals surface area contributed by atoms with E-state index in [1.807, 2.05) is 13.8 Å². The van der Waals surface area contributed by atoms with Gasteiger partial charge in [-0.3, -0.25) is 4.79 Å². The highest BCUT2D eigenvalue weighted by Gasteiger charge is 2.23. The summed E-state index contributed by atoms with van der Waals surface area (Å²) in [7, 11) is 1.52. The number of methoxy groups -OCH3 is 1. The van der Waals surface area contributed by atoms with Crippen molar-refractivity contribution < 1.29 is 13.9 Å². The van der Waals surface area contributed by atoms with E-state index in [0.29, 0.717) is 22.8 Å². The molecule has 0 atom stereocenters. The molecule has 0 aromatic carbocycles. The molecule has 4 heteroatoms. The van der Waals surface area contributed by atoms with Crippen LogP contribution in [0.3, 0.4) is 0 Å². The van der Waals surface area contributed by atoms with E-state index in [1.54, 1.807) is 25.3 Å². The van der Waals surface area contributed by atoms with E-state index in [2.05, 4.69) is 4.98 Å². The average Bonchev–Trinajstić information content (AvgIpc) is 2.62. The maximum atomic E-state index is 12.5. The van der Waals surface area contributed by atoms with E-state index in [0.717, 1.165) is 11.3 Å². The molecule has 2 aromatic heterocycles. The minimum absolute atomic E-state index is 0.167. The summed E-state index contributed by atoms with van der Waals surface area (Å²) in [5, 5.41) is 0. The number of pyridine rings is 1. The summed E-state index contributed by atoms with van der Waals surface area (Å²) in [6.07, 6.45) is 1.58. The van der Waals surface area contributed by atoms with E-state index in [4.69, 9.17) is 9.15 Å². The standard InChI is InChI=1S/C14H15NO3/c1-8-9(2)18-10(3)12(8)14(16)13-11(17-4)6-5-7-15-13/h5-7H,1-4H3. The monoisotopic (exact) mass is 245 g/mol. The maximum Gasteiger partial charge on any atom is 0.218 e. The van der Waals surface area contributed by atoms with Crippen molar-refractivity contribution in [2.24, 2.45) is 0 Å². The largest absolute Gasteiger partial charge is 0.494 e. The number of rotatable bonds is 3. The molecule has 4 nitrogen and oxygen atoms in total. The van der Waals surface area contributed by atoms with E-state index in [1.165, 1.54) is 7.11 Å². The zero-order valence-corrected chi connectivity index (χ0v) is 10.9. The fraction of sp³-hybridized carbons (Fsp3) is 0.286. The van der Waals surface area contributed by atoms with E-state index >= 15 is 0 Å². The Kier molecular flexibility index (Phi) is 3.19. The van der Waals surface area contributed by atoms with Gasteiger partial charge in [-0.1, -0.05) is 0 Å². The molecule has 18 heavy (non-hydrogen) atoms. The summed E-state index contributed by atoms with van der Waals surface area (Å²) in [4.78, 5) is 16.6. The van der Waals surface area contributed by atoms with Crippen molar-refractivity contribution in [3.8, 4) is 5.75 Å². The molecular weight excluding hydrogens is 230 g/mol. The number of hydrogen-bond donors (Lipinski definition) is 0. The van der Waals surface area contributed by atoms with Gasteiger partial charge in [0.15, 0.2) is 5.69 Å². The van der Waals surface area contributed by atoms with Crippen molar-refractivity contribution in [1.82, 2.24) is 4.98 Å². The first-order chi connectivity index (χ1) is 8.56. The number of carbonyl (C=O) groups is 1. The Balaban J connectivity index is 2.55.